The first-order valence-electron chi connectivity index (χ1n) is 7.60. The lowest BCUT2D eigenvalue weighted by atomic mass is 9.95. The van der Waals surface area contributed by atoms with Gasteiger partial charge in [-0.05, 0) is 25.7 Å². The molecule has 3 heterocycles. The monoisotopic (exact) mass is 303 g/mol. The van der Waals surface area contributed by atoms with E-state index in [-0.39, 0.29) is 12.5 Å². The van der Waals surface area contributed by atoms with Gasteiger partial charge in [0.25, 0.3) is 0 Å². The van der Waals surface area contributed by atoms with Gasteiger partial charge in [-0.2, -0.15) is 5.10 Å². The second-order valence-corrected chi connectivity index (χ2v) is 6.00. The van der Waals surface area contributed by atoms with E-state index >= 15 is 0 Å². The molecule has 0 aliphatic carbocycles. The van der Waals surface area contributed by atoms with E-state index in [1.165, 1.54) is 13.5 Å². The zero-order chi connectivity index (χ0) is 15.7. The average Bonchev–Trinajstić information content (AvgIpc) is 2.93. The Bertz CT molecular complexity index is 684. The standard InChI is InChI=1S/C15H21N5O2/c1-10-4-5-11(2)19(7-10)14-12-6-18-20(8-13(21)22-3)15(12)17-9-16-14/h6,9-11H,4-5,7-8H2,1-3H3. The largest absolute Gasteiger partial charge is 0.468 e. The summed E-state index contributed by atoms with van der Waals surface area (Å²) in [4.78, 5) is 22.5. The minimum absolute atomic E-state index is 0.0579. The first kappa shape index (κ1) is 14.7. The van der Waals surface area contributed by atoms with E-state index in [2.05, 4.69) is 33.8 Å². The third-order valence-electron chi connectivity index (χ3n) is 4.31. The smallest absolute Gasteiger partial charge is 0.327 e. The van der Waals surface area contributed by atoms with E-state index in [9.17, 15) is 4.79 Å². The third kappa shape index (κ3) is 2.63. The van der Waals surface area contributed by atoms with E-state index in [1.54, 1.807) is 17.2 Å². The van der Waals surface area contributed by atoms with Crippen molar-refractivity contribution in [3.05, 3.63) is 12.5 Å². The number of rotatable bonds is 3. The number of ether oxygens (including phenoxy) is 1. The fourth-order valence-electron chi connectivity index (χ4n) is 3.00. The van der Waals surface area contributed by atoms with Crippen molar-refractivity contribution < 1.29 is 9.53 Å². The summed E-state index contributed by atoms with van der Waals surface area (Å²) >= 11 is 0. The summed E-state index contributed by atoms with van der Waals surface area (Å²) in [6, 6.07) is 0.443. The number of nitrogens with zero attached hydrogens (tertiary/aromatic N) is 5. The molecule has 2 aromatic rings. The number of carbonyl (C=O) groups is 1. The van der Waals surface area contributed by atoms with Gasteiger partial charge in [-0.3, -0.25) is 4.79 Å². The number of hydrogen-bond acceptors (Lipinski definition) is 6. The van der Waals surface area contributed by atoms with E-state index in [1.807, 2.05) is 0 Å². The van der Waals surface area contributed by atoms with Gasteiger partial charge in [-0.25, -0.2) is 14.6 Å². The molecule has 1 aliphatic heterocycles. The fraction of sp³-hybridized carbons (Fsp3) is 0.600. The van der Waals surface area contributed by atoms with E-state index in [4.69, 9.17) is 4.74 Å². The topological polar surface area (TPSA) is 73.1 Å². The van der Waals surface area contributed by atoms with Gasteiger partial charge in [-0.1, -0.05) is 6.92 Å². The lowest BCUT2D eigenvalue weighted by molar-refractivity contribution is -0.141. The number of hydrogen-bond donors (Lipinski definition) is 0. The van der Waals surface area contributed by atoms with Crippen molar-refractivity contribution in [3.8, 4) is 0 Å². The number of anilines is 1. The van der Waals surface area contributed by atoms with Crippen LogP contribution in [0.4, 0.5) is 5.82 Å². The molecular formula is C15H21N5O2. The number of fused-ring (bicyclic) bond motifs is 1. The molecule has 0 spiro atoms. The van der Waals surface area contributed by atoms with Crippen LogP contribution in [0.15, 0.2) is 12.5 Å². The van der Waals surface area contributed by atoms with Crippen LogP contribution >= 0.6 is 0 Å². The maximum absolute atomic E-state index is 11.5. The van der Waals surface area contributed by atoms with Gasteiger partial charge in [0, 0.05) is 12.6 Å². The van der Waals surface area contributed by atoms with Gasteiger partial charge in [0.15, 0.2) is 5.65 Å². The number of esters is 1. The van der Waals surface area contributed by atoms with Crippen LogP contribution < -0.4 is 4.90 Å². The molecule has 3 rings (SSSR count). The van der Waals surface area contributed by atoms with Crippen LogP contribution in [0.5, 0.6) is 0 Å². The molecule has 0 N–H and O–H groups in total. The van der Waals surface area contributed by atoms with Crippen molar-refractivity contribution in [2.45, 2.75) is 39.3 Å². The number of carbonyl (C=O) groups excluding carboxylic acids is 1. The lowest BCUT2D eigenvalue weighted by Gasteiger charge is -2.37. The first-order valence-corrected chi connectivity index (χ1v) is 7.60. The second-order valence-electron chi connectivity index (χ2n) is 6.00. The lowest BCUT2D eigenvalue weighted by Crippen LogP contribution is -2.41. The van der Waals surface area contributed by atoms with Crippen LogP contribution in [0.1, 0.15) is 26.7 Å². The van der Waals surface area contributed by atoms with Crippen molar-refractivity contribution in [1.82, 2.24) is 19.7 Å². The van der Waals surface area contributed by atoms with Gasteiger partial charge >= 0.3 is 5.97 Å². The molecule has 0 saturated carbocycles. The highest BCUT2D eigenvalue weighted by molar-refractivity contribution is 5.87. The van der Waals surface area contributed by atoms with Crippen molar-refractivity contribution in [3.63, 3.8) is 0 Å². The summed E-state index contributed by atoms with van der Waals surface area (Å²) in [5, 5.41) is 5.15. The summed E-state index contributed by atoms with van der Waals surface area (Å²) in [6.07, 6.45) is 5.68. The molecule has 1 saturated heterocycles. The maximum Gasteiger partial charge on any atom is 0.327 e. The normalized spacial score (nSPS) is 22.0. The molecule has 7 heteroatoms. The molecule has 2 unspecified atom stereocenters. The Labute approximate surface area is 129 Å². The quantitative estimate of drug-likeness (QED) is 0.802. The number of piperidine rings is 1. The van der Waals surface area contributed by atoms with E-state index < -0.39 is 0 Å². The molecule has 118 valence electrons. The minimum atomic E-state index is -0.342. The molecule has 1 aliphatic rings. The van der Waals surface area contributed by atoms with Crippen LogP contribution in [0.2, 0.25) is 0 Å². The molecule has 2 aromatic heterocycles. The molecule has 0 aromatic carbocycles. The molecular weight excluding hydrogens is 282 g/mol. The van der Waals surface area contributed by atoms with Crippen LogP contribution in [-0.2, 0) is 16.1 Å². The summed E-state index contributed by atoms with van der Waals surface area (Å²) in [7, 11) is 1.37. The highest BCUT2D eigenvalue weighted by Crippen LogP contribution is 2.30. The van der Waals surface area contributed by atoms with Crippen LogP contribution in [0.25, 0.3) is 11.0 Å². The van der Waals surface area contributed by atoms with Crippen molar-refractivity contribution >= 4 is 22.8 Å². The van der Waals surface area contributed by atoms with Gasteiger partial charge in [0.2, 0.25) is 0 Å². The van der Waals surface area contributed by atoms with Crippen LogP contribution in [0, 0.1) is 5.92 Å². The van der Waals surface area contributed by atoms with Crippen LogP contribution in [0.3, 0.4) is 0 Å². The molecule has 22 heavy (non-hydrogen) atoms. The van der Waals surface area contributed by atoms with E-state index in [0.717, 1.165) is 24.2 Å². The van der Waals surface area contributed by atoms with Gasteiger partial charge < -0.3 is 9.64 Å². The Hall–Kier alpha value is -2.18. The molecule has 1 fully saturated rings. The highest BCUT2D eigenvalue weighted by Gasteiger charge is 2.26. The molecule has 0 amide bonds. The summed E-state index contributed by atoms with van der Waals surface area (Å²) in [5.74, 6) is 1.21. The minimum Gasteiger partial charge on any atom is -0.468 e. The molecule has 0 radical (unpaired) electrons. The molecule has 7 nitrogen and oxygen atoms in total. The molecule has 2 atom stereocenters. The second kappa shape index (κ2) is 5.90. The number of aromatic nitrogens is 4. The van der Waals surface area contributed by atoms with Crippen molar-refractivity contribution in [2.75, 3.05) is 18.6 Å². The predicted molar refractivity (Wildman–Crippen MR) is 82.5 cm³/mol. The Morgan fingerprint density at radius 3 is 2.95 bits per heavy atom. The Morgan fingerprint density at radius 1 is 1.36 bits per heavy atom. The zero-order valence-electron chi connectivity index (χ0n) is 13.2. The summed E-state index contributed by atoms with van der Waals surface area (Å²) in [5.41, 5.74) is 0.667. The third-order valence-corrected chi connectivity index (χ3v) is 4.31. The van der Waals surface area contributed by atoms with Crippen LogP contribution in [-0.4, -0.2) is 45.4 Å². The van der Waals surface area contributed by atoms with Crippen molar-refractivity contribution in [2.24, 2.45) is 5.92 Å². The average molecular weight is 303 g/mol. The SMILES string of the molecule is COC(=O)Cn1ncc2c(N3CC(C)CCC3C)ncnc21. The Kier molecular flexibility index (Phi) is 3.96. The zero-order valence-corrected chi connectivity index (χ0v) is 13.2. The predicted octanol–water partition coefficient (Wildman–Crippen LogP) is 1.62. The van der Waals surface area contributed by atoms with Gasteiger partial charge in [0.1, 0.15) is 18.7 Å². The number of methoxy groups -OCH3 is 1. The maximum atomic E-state index is 11.5. The summed E-state index contributed by atoms with van der Waals surface area (Å²) in [6.45, 7) is 5.52. The first-order chi connectivity index (χ1) is 10.6. The fourth-order valence-corrected chi connectivity index (χ4v) is 3.00. The van der Waals surface area contributed by atoms with Crippen molar-refractivity contribution in [1.29, 1.82) is 0 Å². The van der Waals surface area contributed by atoms with Gasteiger partial charge in [0.05, 0.1) is 18.7 Å². The van der Waals surface area contributed by atoms with E-state index in [0.29, 0.717) is 17.6 Å². The van der Waals surface area contributed by atoms with Gasteiger partial charge in [-0.15, -0.1) is 0 Å². The molecule has 0 bridgehead atoms. The summed E-state index contributed by atoms with van der Waals surface area (Å²) < 4.78 is 6.26. The Balaban J connectivity index is 1.99. The Morgan fingerprint density at radius 2 is 2.18 bits per heavy atom. The highest BCUT2D eigenvalue weighted by atomic mass is 16.5.